The van der Waals surface area contributed by atoms with Gasteiger partial charge in [-0.1, -0.05) is 12.1 Å². The van der Waals surface area contributed by atoms with Crippen LogP contribution in [0.4, 0.5) is 0 Å². The Morgan fingerprint density at radius 3 is 2.32 bits per heavy atom. The fourth-order valence-corrected chi connectivity index (χ4v) is 4.96. The number of sulfone groups is 1. The average molecular weight is 365 g/mol. The Hall–Kier alpha value is -1.89. The van der Waals surface area contributed by atoms with E-state index in [-0.39, 0.29) is 27.7 Å². The van der Waals surface area contributed by atoms with E-state index in [0.717, 1.165) is 0 Å². The van der Waals surface area contributed by atoms with Crippen LogP contribution in [-0.4, -0.2) is 48.6 Å². The molecule has 1 atom stereocenters. The van der Waals surface area contributed by atoms with Gasteiger partial charge in [0, 0.05) is 13.1 Å². The van der Waals surface area contributed by atoms with Crippen molar-refractivity contribution in [2.45, 2.75) is 43.3 Å². The highest BCUT2D eigenvalue weighted by Gasteiger charge is 2.59. The number of amides is 1. The number of benzene rings is 1. The number of carboxylic acids is 1. The van der Waals surface area contributed by atoms with Crippen molar-refractivity contribution < 1.29 is 23.1 Å². The molecular weight excluding hydrogens is 342 g/mol. The highest BCUT2D eigenvalue weighted by Crippen LogP contribution is 2.59. The number of likely N-dealkylation sites (tertiary alicyclic amines) is 1. The number of aliphatic carboxylic acids is 1. The maximum Gasteiger partial charge on any atom is 0.307 e. The van der Waals surface area contributed by atoms with Crippen LogP contribution < -0.4 is 0 Å². The molecule has 7 heteroatoms. The number of rotatable bonds is 4. The first-order valence-electron chi connectivity index (χ1n) is 8.54. The summed E-state index contributed by atoms with van der Waals surface area (Å²) >= 11 is 0. The number of carboxylic acid groups (broad SMARTS) is 1. The van der Waals surface area contributed by atoms with E-state index in [0.29, 0.717) is 32.4 Å². The number of carbonyl (C=O) groups is 2. The summed E-state index contributed by atoms with van der Waals surface area (Å²) in [5, 5.41) is 8.55. The number of piperidine rings is 1. The molecule has 1 saturated heterocycles. The summed E-state index contributed by atoms with van der Waals surface area (Å²) in [5.41, 5.74) is 0.0457. The lowest BCUT2D eigenvalue weighted by molar-refractivity contribution is -0.139. The summed E-state index contributed by atoms with van der Waals surface area (Å²) in [6.07, 6.45) is 2.01. The Morgan fingerprint density at radius 2 is 1.80 bits per heavy atom. The maximum absolute atomic E-state index is 12.9. The van der Waals surface area contributed by atoms with E-state index in [1.165, 1.54) is 6.07 Å². The molecule has 1 spiro atoms. The van der Waals surface area contributed by atoms with Gasteiger partial charge in [-0.05, 0) is 50.7 Å². The molecule has 1 aromatic rings. The monoisotopic (exact) mass is 365 g/mol. The summed E-state index contributed by atoms with van der Waals surface area (Å²) < 4.78 is 25.1. The summed E-state index contributed by atoms with van der Waals surface area (Å²) in [7, 11) is -3.55. The first-order valence-corrected chi connectivity index (χ1v) is 10.1. The maximum atomic E-state index is 12.9. The van der Waals surface area contributed by atoms with E-state index in [9.17, 15) is 18.0 Å². The molecular formula is C18H23NO5S. The molecule has 1 unspecified atom stereocenters. The van der Waals surface area contributed by atoms with Crippen LogP contribution in [0.1, 0.15) is 43.5 Å². The van der Waals surface area contributed by atoms with E-state index in [1.54, 1.807) is 36.9 Å². The van der Waals surface area contributed by atoms with E-state index in [2.05, 4.69) is 0 Å². The normalized spacial score (nSPS) is 22.2. The number of hydrogen-bond donors (Lipinski definition) is 1. The summed E-state index contributed by atoms with van der Waals surface area (Å²) in [6, 6.07) is 6.33. The zero-order chi connectivity index (χ0) is 18.4. The largest absolute Gasteiger partial charge is 0.481 e. The van der Waals surface area contributed by atoms with Gasteiger partial charge in [0.15, 0.2) is 9.84 Å². The lowest BCUT2D eigenvalue weighted by Crippen LogP contribution is -2.40. The summed E-state index contributed by atoms with van der Waals surface area (Å²) in [6.45, 7) is 4.14. The molecule has 25 heavy (non-hydrogen) atoms. The SMILES string of the molecule is CC(C)S(=O)(=O)c1ccccc1C(=O)N1CCC2(CC1)CC2C(=O)O. The van der Waals surface area contributed by atoms with Crippen molar-refractivity contribution in [2.24, 2.45) is 11.3 Å². The Kier molecular flexibility index (Phi) is 4.39. The molecule has 1 aromatic carbocycles. The van der Waals surface area contributed by atoms with Crippen LogP contribution in [0.5, 0.6) is 0 Å². The van der Waals surface area contributed by atoms with Gasteiger partial charge < -0.3 is 10.0 Å². The molecule has 1 aliphatic heterocycles. The third-order valence-corrected chi connectivity index (χ3v) is 7.79. The molecule has 1 N–H and O–H groups in total. The highest BCUT2D eigenvalue weighted by molar-refractivity contribution is 7.92. The van der Waals surface area contributed by atoms with E-state index in [1.807, 2.05) is 0 Å². The Labute approximate surface area is 147 Å². The molecule has 2 fully saturated rings. The predicted molar refractivity (Wildman–Crippen MR) is 92.1 cm³/mol. The zero-order valence-corrected chi connectivity index (χ0v) is 15.3. The molecule has 0 bridgehead atoms. The molecule has 3 rings (SSSR count). The lowest BCUT2D eigenvalue weighted by atomic mass is 9.90. The molecule has 0 radical (unpaired) electrons. The van der Waals surface area contributed by atoms with Crippen molar-refractivity contribution in [3.05, 3.63) is 29.8 Å². The fraction of sp³-hybridized carbons (Fsp3) is 0.556. The topological polar surface area (TPSA) is 91.8 Å². The van der Waals surface area contributed by atoms with E-state index < -0.39 is 21.1 Å². The third kappa shape index (κ3) is 3.05. The van der Waals surface area contributed by atoms with E-state index >= 15 is 0 Å². The van der Waals surface area contributed by atoms with Gasteiger partial charge in [-0.15, -0.1) is 0 Å². The number of hydrogen-bond acceptors (Lipinski definition) is 4. The zero-order valence-electron chi connectivity index (χ0n) is 14.4. The van der Waals surface area contributed by atoms with Crippen molar-refractivity contribution in [1.29, 1.82) is 0 Å². The minimum atomic E-state index is -3.55. The molecule has 1 amide bonds. The predicted octanol–water partition coefficient (Wildman–Crippen LogP) is 2.20. The summed E-state index contributed by atoms with van der Waals surface area (Å²) in [4.78, 5) is 25.7. The highest BCUT2D eigenvalue weighted by atomic mass is 32.2. The molecule has 136 valence electrons. The Bertz CT molecular complexity index is 807. The van der Waals surface area contributed by atoms with Gasteiger partial charge in [0.05, 0.1) is 21.6 Å². The van der Waals surface area contributed by atoms with Gasteiger partial charge in [0.1, 0.15) is 0 Å². The van der Waals surface area contributed by atoms with Gasteiger partial charge in [-0.3, -0.25) is 9.59 Å². The van der Waals surface area contributed by atoms with Gasteiger partial charge in [-0.2, -0.15) is 0 Å². The summed E-state index contributed by atoms with van der Waals surface area (Å²) in [5.74, 6) is -1.34. The van der Waals surface area contributed by atoms with Gasteiger partial charge in [0.2, 0.25) is 0 Å². The van der Waals surface area contributed by atoms with Crippen molar-refractivity contribution in [2.75, 3.05) is 13.1 Å². The van der Waals surface area contributed by atoms with Crippen molar-refractivity contribution >= 4 is 21.7 Å². The standard InChI is InChI=1S/C18H23NO5S/c1-12(2)25(23,24)15-6-4-3-5-13(15)16(20)19-9-7-18(8-10-19)11-14(18)17(21)22/h3-6,12,14H,7-11H2,1-2H3,(H,21,22). The number of carbonyl (C=O) groups excluding carboxylic acids is 1. The Morgan fingerprint density at radius 1 is 1.20 bits per heavy atom. The van der Waals surface area contributed by atoms with Crippen molar-refractivity contribution in [1.82, 2.24) is 4.90 Å². The second kappa shape index (κ2) is 6.12. The van der Waals surface area contributed by atoms with Crippen LogP contribution in [-0.2, 0) is 14.6 Å². The van der Waals surface area contributed by atoms with Gasteiger partial charge in [-0.25, -0.2) is 8.42 Å². The molecule has 2 aliphatic rings. The third-order valence-electron chi connectivity index (χ3n) is 5.58. The Balaban J connectivity index is 1.79. The smallest absolute Gasteiger partial charge is 0.307 e. The second-order valence-electron chi connectivity index (χ2n) is 7.34. The molecule has 6 nitrogen and oxygen atoms in total. The van der Waals surface area contributed by atoms with Crippen molar-refractivity contribution in [3.8, 4) is 0 Å². The van der Waals surface area contributed by atoms with Crippen LogP contribution in [0, 0.1) is 11.3 Å². The quantitative estimate of drug-likeness (QED) is 0.883. The molecule has 1 aliphatic carbocycles. The number of nitrogens with zero attached hydrogens (tertiary/aromatic N) is 1. The van der Waals surface area contributed by atoms with Crippen LogP contribution in [0.15, 0.2) is 29.2 Å². The van der Waals surface area contributed by atoms with Gasteiger partial charge in [0.25, 0.3) is 5.91 Å². The molecule has 1 heterocycles. The first kappa shape index (κ1) is 17.9. The van der Waals surface area contributed by atoms with Crippen LogP contribution in [0.3, 0.4) is 0 Å². The first-order chi connectivity index (χ1) is 11.7. The van der Waals surface area contributed by atoms with Crippen LogP contribution in [0.2, 0.25) is 0 Å². The molecule has 1 saturated carbocycles. The average Bonchev–Trinajstić information content (AvgIpc) is 3.28. The van der Waals surface area contributed by atoms with Gasteiger partial charge >= 0.3 is 5.97 Å². The minimum Gasteiger partial charge on any atom is -0.481 e. The van der Waals surface area contributed by atoms with Crippen molar-refractivity contribution in [3.63, 3.8) is 0 Å². The van der Waals surface area contributed by atoms with Crippen LogP contribution >= 0.6 is 0 Å². The van der Waals surface area contributed by atoms with Crippen LogP contribution in [0.25, 0.3) is 0 Å². The minimum absolute atomic E-state index is 0.0742. The second-order valence-corrected chi connectivity index (χ2v) is 9.81. The van der Waals surface area contributed by atoms with E-state index in [4.69, 9.17) is 5.11 Å². The molecule has 0 aromatic heterocycles. The lowest BCUT2D eigenvalue weighted by Gasteiger charge is -2.33. The fourth-order valence-electron chi connectivity index (χ4n) is 3.72.